The van der Waals surface area contributed by atoms with Gasteiger partial charge >= 0.3 is 12.0 Å². The minimum atomic E-state index is -0.780. The molecule has 0 bridgehead atoms. The summed E-state index contributed by atoms with van der Waals surface area (Å²) in [5.74, 6) is -0.220. The Labute approximate surface area is 202 Å². The van der Waals surface area contributed by atoms with Crippen molar-refractivity contribution < 1.29 is 23.9 Å². The number of amides is 3. The van der Waals surface area contributed by atoms with Gasteiger partial charge in [0.25, 0.3) is 5.91 Å². The van der Waals surface area contributed by atoms with Crippen molar-refractivity contribution in [2.24, 2.45) is 5.73 Å². The fraction of sp³-hybridized carbons (Fsp3) is 0.240. The van der Waals surface area contributed by atoms with Crippen molar-refractivity contribution in [1.82, 2.24) is 10.2 Å². The number of hydrogen-bond acceptors (Lipinski definition) is 5. The van der Waals surface area contributed by atoms with Gasteiger partial charge in [-0.3, -0.25) is 9.59 Å². The van der Waals surface area contributed by atoms with E-state index in [1.54, 1.807) is 38.4 Å². The average molecular weight is 484 g/mol. The number of fused-ring (bicyclic) bond motifs is 1. The van der Waals surface area contributed by atoms with E-state index in [1.807, 2.05) is 36.4 Å². The minimum absolute atomic E-state index is 0.185. The van der Waals surface area contributed by atoms with Gasteiger partial charge in [0, 0.05) is 18.6 Å². The number of primary amides is 1. The largest absolute Gasteiger partial charge is 0.497 e. The predicted molar refractivity (Wildman–Crippen MR) is 129 cm³/mol. The number of carbonyl (C=O) groups is 3. The maximum absolute atomic E-state index is 12.5. The Balaban J connectivity index is 1.55. The molecule has 34 heavy (non-hydrogen) atoms. The van der Waals surface area contributed by atoms with Gasteiger partial charge in [-0.2, -0.15) is 0 Å². The molecule has 3 aromatic rings. The number of urea groups is 1. The summed E-state index contributed by atoms with van der Waals surface area (Å²) >= 11 is 5.89. The smallest absolute Gasteiger partial charge is 0.312 e. The molecule has 0 heterocycles. The number of nitrogens with two attached hydrogens (primary N) is 1. The van der Waals surface area contributed by atoms with Crippen LogP contribution in [0.2, 0.25) is 5.02 Å². The number of nitrogens with zero attached hydrogens (tertiary/aromatic N) is 1. The predicted octanol–water partition coefficient (Wildman–Crippen LogP) is 3.80. The zero-order valence-electron chi connectivity index (χ0n) is 18.9. The Bertz CT molecular complexity index is 1180. The normalized spacial score (nSPS) is 11.5. The zero-order chi connectivity index (χ0) is 24.7. The first-order chi connectivity index (χ1) is 16.2. The lowest BCUT2D eigenvalue weighted by atomic mass is 10.0. The van der Waals surface area contributed by atoms with Crippen LogP contribution in [0.25, 0.3) is 10.8 Å². The molecule has 0 fully saturated rings. The van der Waals surface area contributed by atoms with Crippen molar-refractivity contribution in [2.75, 3.05) is 20.8 Å². The zero-order valence-corrected chi connectivity index (χ0v) is 19.7. The molecule has 1 atom stereocenters. The van der Waals surface area contributed by atoms with Crippen LogP contribution in [-0.4, -0.2) is 43.6 Å². The molecule has 9 heteroatoms. The molecule has 3 aromatic carbocycles. The highest BCUT2D eigenvalue weighted by atomic mass is 35.5. The lowest BCUT2D eigenvalue weighted by molar-refractivity contribution is -0.152. The Kier molecular flexibility index (Phi) is 8.32. The number of rotatable bonds is 9. The number of nitrogens with one attached hydrogen (secondary N) is 1. The third-order valence-electron chi connectivity index (χ3n) is 5.27. The SMILES string of the molecule is COc1ccc2cc(CN(C)C(=O)COC(=O)C[C@H](NC(N)=O)c3ccc(Cl)cc3)ccc2c1. The summed E-state index contributed by atoms with van der Waals surface area (Å²) in [5, 5.41) is 5.08. The molecule has 0 aliphatic carbocycles. The first-order valence-electron chi connectivity index (χ1n) is 10.5. The summed E-state index contributed by atoms with van der Waals surface area (Å²) in [4.78, 5) is 37.7. The number of benzene rings is 3. The number of halogens is 1. The van der Waals surface area contributed by atoms with Crippen LogP contribution in [0.5, 0.6) is 5.75 Å². The van der Waals surface area contributed by atoms with Gasteiger partial charge in [0.15, 0.2) is 6.61 Å². The van der Waals surface area contributed by atoms with Gasteiger partial charge in [-0.05, 0) is 52.2 Å². The van der Waals surface area contributed by atoms with Crippen molar-refractivity contribution in [3.8, 4) is 5.75 Å². The molecule has 0 aliphatic heterocycles. The second kappa shape index (κ2) is 11.4. The summed E-state index contributed by atoms with van der Waals surface area (Å²) in [5.41, 5.74) is 6.80. The molecule has 0 unspecified atom stereocenters. The van der Waals surface area contributed by atoms with E-state index >= 15 is 0 Å². The van der Waals surface area contributed by atoms with Gasteiger partial charge in [0.2, 0.25) is 0 Å². The highest BCUT2D eigenvalue weighted by molar-refractivity contribution is 6.30. The van der Waals surface area contributed by atoms with E-state index < -0.39 is 24.6 Å². The highest BCUT2D eigenvalue weighted by Crippen LogP contribution is 2.23. The number of ether oxygens (including phenoxy) is 2. The maximum atomic E-state index is 12.5. The van der Waals surface area contributed by atoms with Crippen molar-refractivity contribution in [3.05, 3.63) is 76.8 Å². The molecule has 0 saturated heterocycles. The second-order valence-corrected chi connectivity index (χ2v) is 8.21. The molecule has 3 N–H and O–H groups in total. The van der Waals surface area contributed by atoms with Gasteiger partial charge < -0.3 is 25.4 Å². The van der Waals surface area contributed by atoms with E-state index in [0.29, 0.717) is 17.1 Å². The molecular formula is C25H26ClN3O5. The van der Waals surface area contributed by atoms with Crippen LogP contribution in [0.1, 0.15) is 23.6 Å². The minimum Gasteiger partial charge on any atom is -0.497 e. The van der Waals surface area contributed by atoms with Crippen LogP contribution in [0.15, 0.2) is 60.7 Å². The van der Waals surface area contributed by atoms with E-state index in [0.717, 1.165) is 22.1 Å². The van der Waals surface area contributed by atoms with E-state index in [9.17, 15) is 14.4 Å². The molecule has 0 aromatic heterocycles. The molecule has 0 radical (unpaired) electrons. The third kappa shape index (κ3) is 6.86. The van der Waals surface area contributed by atoms with E-state index in [-0.39, 0.29) is 12.3 Å². The summed E-state index contributed by atoms with van der Waals surface area (Å²) in [7, 11) is 3.26. The van der Waals surface area contributed by atoms with Crippen LogP contribution >= 0.6 is 11.6 Å². The Morgan fingerprint density at radius 1 is 1.03 bits per heavy atom. The van der Waals surface area contributed by atoms with Crippen molar-refractivity contribution >= 4 is 40.3 Å². The average Bonchev–Trinajstić information content (AvgIpc) is 2.81. The number of hydrogen-bond donors (Lipinski definition) is 2. The van der Waals surface area contributed by atoms with E-state index in [2.05, 4.69) is 5.32 Å². The second-order valence-electron chi connectivity index (χ2n) is 7.77. The van der Waals surface area contributed by atoms with Crippen molar-refractivity contribution in [3.63, 3.8) is 0 Å². The van der Waals surface area contributed by atoms with Gasteiger partial charge in [-0.1, -0.05) is 41.9 Å². The van der Waals surface area contributed by atoms with Gasteiger partial charge in [0.05, 0.1) is 19.6 Å². The van der Waals surface area contributed by atoms with Crippen LogP contribution in [0.3, 0.4) is 0 Å². The van der Waals surface area contributed by atoms with Crippen molar-refractivity contribution in [1.29, 1.82) is 0 Å². The summed E-state index contributed by atoms with van der Waals surface area (Å²) in [6.07, 6.45) is -0.185. The van der Waals surface area contributed by atoms with Crippen LogP contribution in [-0.2, 0) is 20.9 Å². The number of likely N-dealkylation sites (N-methyl/N-ethyl adjacent to an activating group) is 1. The quantitative estimate of drug-likeness (QED) is 0.450. The lowest BCUT2D eigenvalue weighted by Gasteiger charge is -2.19. The van der Waals surface area contributed by atoms with Crippen molar-refractivity contribution in [2.45, 2.75) is 19.0 Å². The van der Waals surface area contributed by atoms with Crippen LogP contribution in [0.4, 0.5) is 4.79 Å². The van der Waals surface area contributed by atoms with Gasteiger partial charge in [-0.15, -0.1) is 0 Å². The van der Waals surface area contributed by atoms with Gasteiger partial charge in [-0.25, -0.2) is 4.79 Å². The Morgan fingerprint density at radius 2 is 1.71 bits per heavy atom. The molecule has 3 amide bonds. The Hall–Kier alpha value is -3.78. The summed E-state index contributed by atoms with van der Waals surface area (Å²) in [6.45, 7) is -0.0565. The molecule has 3 rings (SSSR count). The molecule has 0 saturated carbocycles. The third-order valence-corrected chi connectivity index (χ3v) is 5.53. The standard InChI is InChI=1S/C25H26ClN3O5/c1-29(14-16-3-4-19-12-21(33-2)10-7-18(19)11-16)23(30)15-34-24(31)13-22(28-25(27)32)17-5-8-20(26)9-6-17/h3-12,22H,13-15H2,1-2H3,(H3,27,28,32)/t22-/m0/s1. The first kappa shape index (κ1) is 24.9. The number of methoxy groups -OCH3 is 1. The molecule has 0 aliphatic rings. The summed E-state index contributed by atoms with van der Waals surface area (Å²) < 4.78 is 10.4. The highest BCUT2D eigenvalue weighted by Gasteiger charge is 2.20. The number of esters is 1. The monoisotopic (exact) mass is 483 g/mol. The fourth-order valence-corrected chi connectivity index (χ4v) is 3.58. The Morgan fingerprint density at radius 3 is 2.38 bits per heavy atom. The van der Waals surface area contributed by atoms with Crippen LogP contribution < -0.4 is 15.8 Å². The van der Waals surface area contributed by atoms with E-state index in [4.69, 9.17) is 26.8 Å². The molecule has 0 spiro atoms. The van der Waals surface area contributed by atoms with E-state index in [1.165, 1.54) is 4.90 Å². The first-order valence-corrected chi connectivity index (χ1v) is 10.9. The molecule has 178 valence electrons. The maximum Gasteiger partial charge on any atom is 0.312 e. The summed E-state index contributed by atoms with van der Waals surface area (Å²) in [6, 6.07) is 16.8. The topological polar surface area (TPSA) is 111 Å². The number of carbonyl (C=O) groups excluding carboxylic acids is 3. The fourth-order valence-electron chi connectivity index (χ4n) is 3.46. The molecular weight excluding hydrogens is 458 g/mol. The lowest BCUT2D eigenvalue weighted by Crippen LogP contribution is -2.35. The van der Waals surface area contributed by atoms with Crippen LogP contribution in [0, 0.1) is 0 Å². The van der Waals surface area contributed by atoms with Gasteiger partial charge in [0.1, 0.15) is 5.75 Å². The molecule has 8 nitrogen and oxygen atoms in total.